The SMILES string of the molecule is Nc1ncn(CC(=O)N2CCCc3ccccc32)n1. The number of hydrogen-bond donors (Lipinski definition) is 1. The third-order valence-corrected chi connectivity index (χ3v) is 3.26. The van der Waals surface area contributed by atoms with Crippen molar-refractivity contribution < 1.29 is 4.79 Å². The largest absolute Gasteiger partial charge is 0.367 e. The highest BCUT2D eigenvalue weighted by Gasteiger charge is 2.22. The number of aromatic nitrogens is 3. The minimum absolute atomic E-state index is 0.0112. The molecule has 2 N–H and O–H groups in total. The third-order valence-electron chi connectivity index (χ3n) is 3.26. The number of carbonyl (C=O) groups is 1. The van der Waals surface area contributed by atoms with Crippen molar-refractivity contribution in [3.63, 3.8) is 0 Å². The van der Waals surface area contributed by atoms with E-state index in [0.717, 1.165) is 25.1 Å². The number of nitrogens with two attached hydrogens (primary N) is 1. The fourth-order valence-electron chi connectivity index (χ4n) is 2.40. The maximum absolute atomic E-state index is 12.3. The van der Waals surface area contributed by atoms with Gasteiger partial charge in [0.15, 0.2) is 0 Å². The zero-order valence-corrected chi connectivity index (χ0v) is 10.5. The molecule has 98 valence electrons. The number of fused-ring (bicyclic) bond motifs is 1. The molecule has 0 fully saturated rings. The highest BCUT2D eigenvalue weighted by atomic mass is 16.2. The zero-order chi connectivity index (χ0) is 13.2. The molecule has 0 radical (unpaired) electrons. The van der Waals surface area contributed by atoms with Crippen molar-refractivity contribution in [2.24, 2.45) is 0 Å². The number of aryl methyl sites for hydroxylation is 1. The molecule has 1 aromatic heterocycles. The molecule has 0 saturated heterocycles. The minimum Gasteiger partial charge on any atom is -0.367 e. The second kappa shape index (κ2) is 4.72. The van der Waals surface area contributed by atoms with Crippen molar-refractivity contribution in [1.82, 2.24) is 14.8 Å². The predicted molar refractivity (Wildman–Crippen MR) is 71.6 cm³/mol. The monoisotopic (exact) mass is 257 g/mol. The van der Waals surface area contributed by atoms with Gasteiger partial charge in [-0.1, -0.05) is 18.2 Å². The summed E-state index contributed by atoms with van der Waals surface area (Å²) in [5.74, 6) is 0.198. The molecule has 1 amide bonds. The summed E-state index contributed by atoms with van der Waals surface area (Å²) in [7, 11) is 0. The van der Waals surface area contributed by atoms with E-state index in [1.165, 1.54) is 16.6 Å². The molecule has 3 rings (SSSR count). The second-order valence-electron chi connectivity index (χ2n) is 4.58. The summed E-state index contributed by atoms with van der Waals surface area (Å²) in [5.41, 5.74) is 7.67. The Morgan fingerprint density at radius 3 is 3.00 bits per heavy atom. The molecule has 0 aliphatic carbocycles. The van der Waals surface area contributed by atoms with Crippen molar-refractivity contribution in [3.8, 4) is 0 Å². The Hall–Kier alpha value is -2.37. The first-order chi connectivity index (χ1) is 9.24. The summed E-state index contributed by atoms with van der Waals surface area (Å²) >= 11 is 0. The lowest BCUT2D eigenvalue weighted by Crippen LogP contribution is -2.37. The van der Waals surface area contributed by atoms with Crippen LogP contribution < -0.4 is 10.6 Å². The smallest absolute Gasteiger partial charge is 0.248 e. The highest BCUT2D eigenvalue weighted by Crippen LogP contribution is 2.26. The Labute approximate surface area is 110 Å². The van der Waals surface area contributed by atoms with Crippen LogP contribution in [0.1, 0.15) is 12.0 Å². The lowest BCUT2D eigenvalue weighted by atomic mass is 10.0. The first kappa shape index (κ1) is 11.7. The fourth-order valence-corrected chi connectivity index (χ4v) is 2.40. The molecular formula is C13H15N5O. The predicted octanol–water partition coefficient (Wildman–Crippen LogP) is 0.840. The number of nitrogen functional groups attached to an aromatic ring is 1. The van der Waals surface area contributed by atoms with Crippen molar-refractivity contribution in [1.29, 1.82) is 0 Å². The molecule has 0 saturated carbocycles. The Balaban J connectivity index is 1.81. The van der Waals surface area contributed by atoms with Crippen LogP contribution in [-0.4, -0.2) is 27.2 Å². The summed E-state index contributed by atoms with van der Waals surface area (Å²) in [5, 5.41) is 3.94. The summed E-state index contributed by atoms with van der Waals surface area (Å²) < 4.78 is 1.47. The average Bonchev–Trinajstić information content (AvgIpc) is 2.83. The lowest BCUT2D eigenvalue weighted by Gasteiger charge is -2.29. The molecule has 2 heterocycles. The molecule has 0 unspecified atom stereocenters. The quantitative estimate of drug-likeness (QED) is 0.864. The summed E-state index contributed by atoms with van der Waals surface area (Å²) in [6.07, 6.45) is 3.49. The van der Waals surface area contributed by atoms with Crippen LogP contribution in [0.5, 0.6) is 0 Å². The van der Waals surface area contributed by atoms with Crippen molar-refractivity contribution in [2.75, 3.05) is 17.2 Å². The van der Waals surface area contributed by atoms with Gasteiger partial charge < -0.3 is 10.6 Å². The number of amides is 1. The molecule has 2 aromatic rings. The molecule has 6 nitrogen and oxygen atoms in total. The van der Waals surface area contributed by atoms with Gasteiger partial charge >= 0.3 is 0 Å². The van der Waals surface area contributed by atoms with Crippen molar-refractivity contribution in [3.05, 3.63) is 36.2 Å². The van der Waals surface area contributed by atoms with Crippen LogP contribution in [0.25, 0.3) is 0 Å². The first-order valence-electron chi connectivity index (χ1n) is 6.27. The van der Waals surface area contributed by atoms with Gasteiger partial charge in [0.2, 0.25) is 11.9 Å². The van der Waals surface area contributed by atoms with Gasteiger partial charge in [0.05, 0.1) is 0 Å². The van der Waals surface area contributed by atoms with Crippen LogP contribution in [0.15, 0.2) is 30.6 Å². The molecule has 0 spiro atoms. The molecule has 1 aromatic carbocycles. The molecule has 0 atom stereocenters. The van der Waals surface area contributed by atoms with Gasteiger partial charge in [0.1, 0.15) is 12.9 Å². The third kappa shape index (κ3) is 2.29. The Morgan fingerprint density at radius 2 is 2.21 bits per heavy atom. The Morgan fingerprint density at radius 1 is 1.37 bits per heavy atom. The van der Waals surface area contributed by atoms with E-state index >= 15 is 0 Å². The molecule has 6 heteroatoms. The number of carbonyl (C=O) groups excluding carboxylic acids is 1. The normalized spacial score (nSPS) is 14.2. The summed E-state index contributed by atoms with van der Waals surface area (Å²) in [4.78, 5) is 18.0. The molecule has 1 aliphatic rings. The summed E-state index contributed by atoms with van der Waals surface area (Å²) in [6.45, 7) is 0.915. The van der Waals surface area contributed by atoms with Gasteiger partial charge in [0, 0.05) is 12.2 Å². The first-order valence-corrected chi connectivity index (χ1v) is 6.27. The van der Waals surface area contributed by atoms with Gasteiger partial charge in [-0.2, -0.15) is 0 Å². The lowest BCUT2D eigenvalue weighted by molar-refractivity contribution is -0.119. The van der Waals surface area contributed by atoms with Crippen LogP contribution in [0.2, 0.25) is 0 Å². The number of nitrogens with zero attached hydrogens (tertiary/aromatic N) is 4. The highest BCUT2D eigenvalue weighted by molar-refractivity contribution is 5.94. The van der Waals surface area contributed by atoms with Gasteiger partial charge in [-0.05, 0) is 24.5 Å². The van der Waals surface area contributed by atoms with Crippen molar-refractivity contribution >= 4 is 17.5 Å². The topological polar surface area (TPSA) is 77.0 Å². The van der Waals surface area contributed by atoms with Gasteiger partial charge in [0.25, 0.3) is 0 Å². The number of anilines is 2. The van der Waals surface area contributed by atoms with Crippen LogP contribution >= 0.6 is 0 Å². The average molecular weight is 257 g/mol. The number of rotatable bonds is 2. The summed E-state index contributed by atoms with van der Waals surface area (Å²) in [6, 6.07) is 8.02. The van der Waals surface area contributed by atoms with E-state index in [2.05, 4.69) is 16.1 Å². The van der Waals surface area contributed by atoms with Crippen LogP contribution in [0.3, 0.4) is 0 Å². The molecule has 1 aliphatic heterocycles. The Kier molecular flexibility index (Phi) is 2.91. The standard InChI is InChI=1S/C13H15N5O/c14-13-15-9-17(16-13)8-12(19)18-7-3-5-10-4-1-2-6-11(10)18/h1-2,4,6,9H,3,5,7-8H2,(H2,14,16). The maximum Gasteiger partial charge on any atom is 0.248 e. The Bertz CT molecular complexity index is 607. The molecular weight excluding hydrogens is 242 g/mol. The van der Waals surface area contributed by atoms with Gasteiger partial charge in [-0.25, -0.2) is 9.67 Å². The van der Waals surface area contributed by atoms with E-state index in [4.69, 9.17) is 5.73 Å². The minimum atomic E-state index is 0.0112. The fraction of sp³-hybridized carbons (Fsp3) is 0.308. The second-order valence-corrected chi connectivity index (χ2v) is 4.58. The van der Waals surface area contributed by atoms with Gasteiger partial charge in [-0.15, -0.1) is 5.10 Å². The number of hydrogen-bond acceptors (Lipinski definition) is 4. The molecule has 19 heavy (non-hydrogen) atoms. The number of para-hydroxylation sites is 1. The van der Waals surface area contributed by atoms with Crippen molar-refractivity contribution in [2.45, 2.75) is 19.4 Å². The van der Waals surface area contributed by atoms with E-state index in [1.54, 1.807) is 0 Å². The van der Waals surface area contributed by atoms with Crippen LogP contribution in [-0.2, 0) is 17.8 Å². The maximum atomic E-state index is 12.3. The van der Waals surface area contributed by atoms with E-state index < -0.39 is 0 Å². The molecule has 0 bridgehead atoms. The van der Waals surface area contributed by atoms with Crippen LogP contribution in [0, 0.1) is 0 Å². The number of benzene rings is 1. The van der Waals surface area contributed by atoms with Crippen LogP contribution in [0.4, 0.5) is 11.6 Å². The van der Waals surface area contributed by atoms with E-state index in [1.807, 2.05) is 23.1 Å². The van der Waals surface area contributed by atoms with Gasteiger partial charge in [-0.3, -0.25) is 4.79 Å². The van der Waals surface area contributed by atoms with E-state index in [-0.39, 0.29) is 18.4 Å². The van der Waals surface area contributed by atoms with E-state index in [0.29, 0.717) is 0 Å². The van der Waals surface area contributed by atoms with E-state index in [9.17, 15) is 4.79 Å². The zero-order valence-electron chi connectivity index (χ0n) is 10.5.